The van der Waals surface area contributed by atoms with Crippen LogP contribution in [-0.2, 0) is 38.8 Å². The SMILES string of the molecule is [N-]=[N+]=N[C@@H]1O[C@H](C(COCc2ccccc2)OCc2ccccc2)[C@H](OCc2ccccc2)[C@@H]1I. The van der Waals surface area contributed by atoms with Gasteiger partial charge in [0.2, 0.25) is 0 Å². The van der Waals surface area contributed by atoms with Gasteiger partial charge in [-0.15, -0.1) is 0 Å². The highest BCUT2D eigenvalue weighted by Crippen LogP contribution is 2.34. The quantitative estimate of drug-likeness (QED) is 0.0832. The van der Waals surface area contributed by atoms with Gasteiger partial charge in [-0.1, -0.05) is 119 Å². The minimum atomic E-state index is -0.650. The molecule has 1 aliphatic heterocycles. The van der Waals surface area contributed by atoms with Gasteiger partial charge < -0.3 is 18.9 Å². The molecular formula is C27H28IN3O4. The fraction of sp³-hybridized carbons (Fsp3) is 0.333. The molecule has 7 nitrogen and oxygen atoms in total. The fourth-order valence-corrected chi connectivity index (χ4v) is 4.86. The Morgan fingerprint density at radius 2 is 1.37 bits per heavy atom. The predicted molar refractivity (Wildman–Crippen MR) is 142 cm³/mol. The van der Waals surface area contributed by atoms with Gasteiger partial charge in [0.15, 0.2) is 6.23 Å². The second kappa shape index (κ2) is 13.6. The molecule has 8 heteroatoms. The van der Waals surface area contributed by atoms with Crippen LogP contribution < -0.4 is 0 Å². The second-order valence-electron chi connectivity index (χ2n) is 8.24. The summed E-state index contributed by atoms with van der Waals surface area (Å²) >= 11 is 2.25. The van der Waals surface area contributed by atoms with E-state index in [4.69, 9.17) is 24.5 Å². The summed E-state index contributed by atoms with van der Waals surface area (Å²) in [4.78, 5) is 2.98. The number of nitrogens with zero attached hydrogens (tertiary/aromatic N) is 3. The van der Waals surface area contributed by atoms with Gasteiger partial charge in [0.1, 0.15) is 18.3 Å². The molecule has 1 unspecified atom stereocenters. The fourth-order valence-electron chi connectivity index (χ4n) is 3.93. The summed E-state index contributed by atoms with van der Waals surface area (Å²) in [6.45, 7) is 1.60. The number of hydrogen-bond acceptors (Lipinski definition) is 5. The number of halogens is 1. The van der Waals surface area contributed by atoms with E-state index >= 15 is 0 Å². The highest BCUT2D eigenvalue weighted by atomic mass is 127. The first-order valence-electron chi connectivity index (χ1n) is 11.5. The summed E-state index contributed by atoms with van der Waals surface area (Å²) < 4.78 is 24.8. The minimum Gasteiger partial charge on any atom is -0.374 e. The Balaban J connectivity index is 1.49. The van der Waals surface area contributed by atoms with Crippen molar-refractivity contribution in [1.82, 2.24) is 0 Å². The third-order valence-corrected chi connectivity index (χ3v) is 7.05. The molecule has 3 aromatic carbocycles. The van der Waals surface area contributed by atoms with Gasteiger partial charge in [0.25, 0.3) is 0 Å². The normalized spacial score (nSPS) is 22.4. The molecule has 1 heterocycles. The molecule has 1 saturated heterocycles. The topological polar surface area (TPSA) is 85.7 Å². The van der Waals surface area contributed by atoms with Crippen LogP contribution in [0, 0.1) is 0 Å². The lowest BCUT2D eigenvalue weighted by molar-refractivity contribution is -0.137. The molecule has 1 fully saturated rings. The number of benzene rings is 3. The second-order valence-corrected chi connectivity index (χ2v) is 9.68. The summed E-state index contributed by atoms with van der Waals surface area (Å²) in [5.74, 6) is 0. The maximum Gasteiger partial charge on any atom is 0.151 e. The van der Waals surface area contributed by atoms with Gasteiger partial charge in [0.05, 0.1) is 30.4 Å². The first-order chi connectivity index (χ1) is 17.2. The van der Waals surface area contributed by atoms with Crippen molar-refractivity contribution in [2.75, 3.05) is 6.61 Å². The lowest BCUT2D eigenvalue weighted by Gasteiger charge is -2.29. The van der Waals surface area contributed by atoms with E-state index in [1.807, 2.05) is 91.0 Å². The maximum absolute atomic E-state index is 9.06. The molecule has 0 bridgehead atoms. The van der Waals surface area contributed by atoms with E-state index in [2.05, 4.69) is 32.6 Å². The highest BCUT2D eigenvalue weighted by Gasteiger charge is 2.47. The van der Waals surface area contributed by atoms with Gasteiger partial charge >= 0.3 is 0 Å². The van der Waals surface area contributed by atoms with Crippen molar-refractivity contribution in [3.05, 3.63) is 118 Å². The van der Waals surface area contributed by atoms with Crippen molar-refractivity contribution in [3.63, 3.8) is 0 Å². The molecule has 182 valence electrons. The Morgan fingerprint density at radius 1 is 0.829 bits per heavy atom. The number of hydrogen-bond donors (Lipinski definition) is 0. The van der Waals surface area contributed by atoms with Gasteiger partial charge in [-0.05, 0) is 22.2 Å². The van der Waals surface area contributed by atoms with Crippen molar-refractivity contribution in [2.45, 2.75) is 48.3 Å². The summed E-state index contributed by atoms with van der Waals surface area (Å²) in [6.07, 6.45) is -1.87. The number of ether oxygens (including phenoxy) is 4. The largest absolute Gasteiger partial charge is 0.374 e. The molecule has 0 amide bonds. The van der Waals surface area contributed by atoms with Crippen LogP contribution in [0.25, 0.3) is 10.4 Å². The summed E-state index contributed by atoms with van der Waals surface area (Å²) in [6, 6.07) is 29.9. The van der Waals surface area contributed by atoms with Gasteiger partial charge in [0, 0.05) is 4.91 Å². The lowest BCUT2D eigenvalue weighted by atomic mass is 10.1. The van der Waals surface area contributed by atoms with Crippen LogP contribution in [0.2, 0.25) is 0 Å². The maximum atomic E-state index is 9.06. The molecule has 5 atom stereocenters. The zero-order valence-corrected chi connectivity index (χ0v) is 21.4. The number of alkyl halides is 1. The van der Waals surface area contributed by atoms with Crippen LogP contribution in [-0.4, -0.2) is 35.1 Å². The van der Waals surface area contributed by atoms with E-state index in [0.717, 1.165) is 16.7 Å². The van der Waals surface area contributed by atoms with Crippen molar-refractivity contribution in [2.24, 2.45) is 5.11 Å². The van der Waals surface area contributed by atoms with E-state index in [9.17, 15) is 0 Å². The summed E-state index contributed by atoms with van der Waals surface area (Å²) in [5.41, 5.74) is 12.3. The minimum absolute atomic E-state index is 0.172. The van der Waals surface area contributed by atoms with Gasteiger partial charge in [-0.25, -0.2) is 0 Å². The third kappa shape index (κ3) is 7.51. The van der Waals surface area contributed by atoms with Crippen LogP contribution in [0.5, 0.6) is 0 Å². The molecular weight excluding hydrogens is 557 g/mol. The van der Waals surface area contributed by atoms with Crippen molar-refractivity contribution >= 4 is 22.6 Å². The number of azide groups is 1. The molecule has 35 heavy (non-hydrogen) atoms. The summed E-state index contributed by atoms with van der Waals surface area (Å²) in [5, 5.41) is 3.86. The van der Waals surface area contributed by atoms with E-state index < -0.39 is 18.4 Å². The Kier molecular flexibility index (Phi) is 9.94. The van der Waals surface area contributed by atoms with Crippen LogP contribution in [0.3, 0.4) is 0 Å². The van der Waals surface area contributed by atoms with Crippen LogP contribution >= 0.6 is 22.6 Å². The third-order valence-electron chi connectivity index (χ3n) is 5.72. The molecule has 1 aliphatic rings. The van der Waals surface area contributed by atoms with E-state index in [1.165, 1.54) is 0 Å². The Hall–Kier alpha value is -2.46. The average Bonchev–Trinajstić information content (AvgIpc) is 3.21. The summed E-state index contributed by atoms with van der Waals surface area (Å²) in [7, 11) is 0. The van der Waals surface area contributed by atoms with Crippen molar-refractivity contribution < 1.29 is 18.9 Å². The molecule has 0 aliphatic carbocycles. The van der Waals surface area contributed by atoms with Crippen LogP contribution in [0.1, 0.15) is 16.7 Å². The molecule has 0 saturated carbocycles. The van der Waals surface area contributed by atoms with Crippen LogP contribution in [0.4, 0.5) is 0 Å². The molecule has 3 aromatic rings. The van der Waals surface area contributed by atoms with Crippen LogP contribution in [0.15, 0.2) is 96.1 Å². The zero-order valence-electron chi connectivity index (χ0n) is 19.2. The average molecular weight is 585 g/mol. The van der Waals surface area contributed by atoms with Crippen molar-refractivity contribution in [1.29, 1.82) is 0 Å². The van der Waals surface area contributed by atoms with E-state index in [-0.39, 0.29) is 10.0 Å². The van der Waals surface area contributed by atoms with E-state index in [0.29, 0.717) is 26.4 Å². The molecule has 4 rings (SSSR count). The number of rotatable bonds is 12. The monoisotopic (exact) mass is 585 g/mol. The Labute approximate surface area is 219 Å². The van der Waals surface area contributed by atoms with Crippen molar-refractivity contribution in [3.8, 4) is 0 Å². The molecule has 0 radical (unpaired) electrons. The molecule has 0 spiro atoms. The van der Waals surface area contributed by atoms with Gasteiger partial charge in [-0.3, -0.25) is 0 Å². The molecule has 0 aromatic heterocycles. The Morgan fingerprint density at radius 3 is 1.94 bits per heavy atom. The van der Waals surface area contributed by atoms with E-state index in [1.54, 1.807) is 0 Å². The first-order valence-corrected chi connectivity index (χ1v) is 12.8. The Bertz CT molecular complexity index is 1070. The first kappa shape index (κ1) is 25.6. The highest BCUT2D eigenvalue weighted by molar-refractivity contribution is 14.1. The van der Waals surface area contributed by atoms with Gasteiger partial charge in [-0.2, -0.15) is 0 Å². The zero-order chi connectivity index (χ0) is 24.3. The molecule has 0 N–H and O–H groups in total. The lowest BCUT2D eigenvalue weighted by Crippen LogP contribution is -2.43. The smallest absolute Gasteiger partial charge is 0.151 e. The predicted octanol–water partition coefficient (Wildman–Crippen LogP) is 6.21. The standard InChI is InChI=1S/C27H28IN3O4/c28-24-26(34-18-22-14-8-3-9-15-22)25(35-27(24)30-31-29)23(33-17-21-12-6-2-7-13-21)19-32-16-20-10-4-1-5-11-20/h1-15,23-27H,16-19H2/t23?,24-,25+,26+,27+/m0/s1.